The normalized spacial score (nSPS) is 10.7. The van der Waals surface area contributed by atoms with Gasteiger partial charge in [-0.25, -0.2) is 0 Å². The maximum absolute atomic E-state index is 11.5. The van der Waals surface area contributed by atoms with Crippen molar-refractivity contribution in [1.29, 1.82) is 0 Å². The van der Waals surface area contributed by atoms with Crippen LogP contribution in [-0.4, -0.2) is 5.78 Å². The first kappa shape index (κ1) is 14.8. The molecule has 0 aliphatic rings. The van der Waals surface area contributed by atoms with Crippen molar-refractivity contribution in [3.05, 3.63) is 57.6 Å². The fourth-order valence-electron chi connectivity index (χ4n) is 2.81. The Bertz CT molecular complexity index is 654. The van der Waals surface area contributed by atoms with Crippen molar-refractivity contribution >= 4 is 17.4 Å². The van der Waals surface area contributed by atoms with Crippen molar-refractivity contribution in [3.8, 4) is 11.1 Å². The quantitative estimate of drug-likeness (QED) is 0.770. The van der Waals surface area contributed by atoms with Gasteiger partial charge >= 0.3 is 0 Å². The lowest BCUT2D eigenvalue weighted by molar-refractivity contribution is -0.116. The van der Waals surface area contributed by atoms with E-state index in [2.05, 4.69) is 26.8 Å². The summed E-state index contributed by atoms with van der Waals surface area (Å²) >= 11 is 5.96. The van der Waals surface area contributed by atoms with E-state index in [4.69, 9.17) is 11.6 Å². The predicted octanol–water partition coefficient (Wildman–Crippen LogP) is 5.06. The minimum absolute atomic E-state index is 0.196. The predicted molar refractivity (Wildman–Crippen MR) is 85.5 cm³/mol. The molecule has 2 aromatic rings. The lowest BCUT2D eigenvalue weighted by Crippen LogP contribution is -2.04. The molecule has 0 saturated carbocycles. The molecule has 2 aromatic carbocycles. The third-order valence-corrected chi connectivity index (χ3v) is 3.94. The highest BCUT2D eigenvalue weighted by molar-refractivity contribution is 6.30. The first-order valence-corrected chi connectivity index (χ1v) is 7.13. The Morgan fingerprint density at radius 3 is 2.20 bits per heavy atom. The summed E-state index contributed by atoms with van der Waals surface area (Å²) < 4.78 is 0. The first-order chi connectivity index (χ1) is 9.40. The lowest BCUT2D eigenvalue weighted by atomic mass is 9.87. The van der Waals surface area contributed by atoms with Crippen molar-refractivity contribution < 1.29 is 4.79 Å². The van der Waals surface area contributed by atoms with E-state index >= 15 is 0 Å². The minimum atomic E-state index is 0.196. The smallest absolute Gasteiger partial charge is 0.134 e. The van der Waals surface area contributed by atoms with Crippen molar-refractivity contribution in [2.75, 3.05) is 0 Å². The van der Waals surface area contributed by atoms with E-state index in [9.17, 15) is 4.79 Å². The Labute approximate surface area is 125 Å². The van der Waals surface area contributed by atoms with E-state index in [-0.39, 0.29) is 5.78 Å². The van der Waals surface area contributed by atoms with E-state index in [0.717, 1.165) is 16.1 Å². The van der Waals surface area contributed by atoms with Gasteiger partial charge in [-0.3, -0.25) is 4.79 Å². The third-order valence-electron chi connectivity index (χ3n) is 3.69. The molecule has 2 rings (SSSR count). The molecule has 0 amide bonds. The first-order valence-electron chi connectivity index (χ1n) is 6.75. The van der Waals surface area contributed by atoms with Gasteiger partial charge in [-0.15, -0.1) is 0 Å². The van der Waals surface area contributed by atoms with Crippen LogP contribution >= 0.6 is 11.6 Å². The summed E-state index contributed by atoms with van der Waals surface area (Å²) in [6.45, 7) is 7.92. The second-order valence-electron chi connectivity index (χ2n) is 5.37. The number of ketones is 1. The Hall–Kier alpha value is -1.60. The number of hydrogen-bond donors (Lipinski definition) is 0. The zero-order valence-corrected chi connectivity index (χ0v) is 13.1. The van der Waals surface area contributed by atoms with Gasteiger partial charge in [0.1, 0.15) is 5.78 Å². The second kappa shape index (κ2) is 5.80. The Kier molecular flexibility index (Phi) is 4.29. The Balaban J connectivity index is 2.63. The van der Waals surface area contributed by atoms with Crippen LogP contribution in [0.25, 0.3) is 11.1 Å². The SMILES string of the molecule is CC(=O)Cc1c(C)cc(C)c(-c2ccc(Cl)cc2)c1C. The number of aryl methyl sites for hydroxylation is 2. The summed E-state index contributed by atoms with van der Waals surface area (Å²) in [5.74, 6) is 0.196. The standard InChI is InChI=1S/C18H19ClO/c1-11-9-12(2)18(14(4)17(11)10-13(3)20)15-5-7-16(19)8-6-15/h5-9H,10H2,1-4H3. The largest absolute Gasteiger partial charge is 0.300 e. The van der Waals surface area contributed by atoms with Crippen molar-refractivity contribution in [3.63, 3.8) is 0 Å². The molecular weight excluding hydrogens is 268 g/mol. The van der Waals surface area contributed by atoms with Gasteiger partial charge in [0, 0.05) is 11.4 Å². The number of carbonyl (C=O) groups is 1. The molecule has 0 aromatic heterocycles. The van der Waals surface area contributed by atoms with Crippen LogP contribution in [0.4, 0.5) is 0 Å². The number of benzene rings is 2. The zero-order chi connectivity index (χ0) is 14.9. The van der Waals surface area contributed by atoms with Gasteiger partial charge in [0.25, 0.3) is 0 Å². The maximum Gasteiger partial charge on any atom is 0.134 e. The van der Waals surface area contributed by atoms with E-state index in [1.807, 2.05) is 24.3 Å². The molecule has 1 nitrogen and oxygen atoms in total. The summed E-state index contributed by atoms with van der Waals surface area (Å²) in [6, 6.07) is 10.0. The molecule has 2 heteroatoms. The Morgan fingerprint density at radius 2 is 1.65 bits per heavy atom. The van der Waals surface area contributed by atoms with Gasteiger partial charge in [0.05, 0.1) is 0 Å². The van der Waals surface area contributed by atoms with Crippen LogP contribution in [0.2, 0.25) is 5.02 Å². The molecule has 0 radical (unpaired) electrons. The monoisotopic (exact) mass is 286 g/mol. The van der Waals surface area contributed by atoms with Crippen LogP contribution in [0.5, 0.6) is 0 Å². The molecule has 0 N–H and O–H groups in total. The van der Waals surface area contributed by atoms with Gasteiger partial charge < -0.3 is 0 Å². The van der Waals surface area contributed by atoms with Crippen LogP contribution < -0.4 is 0 Å². The van der Waals surface area contributed by atoms with Crippen LogP contribution in [-0.2, 0) is 11.2 Å². The molecule has 0 spiro atoms. The minimum Gasteiger partial charge on any atom is -0.300 e. The van der Waals surface area contributed by atoms with Gasteiger partial charge in [-0.2, -0.15) is 0 Å². The van der Waals surface area contributed by atoms with Crippen LogP contribution in [0.3, 0.4) is 0 Å². The molecule has 20 heavy (non-hydrogen) atoms. The molecule has 0 aliphatic heterocycles. The average Bonchev–Trinajstić information content (AvgIpc) is 2.36. The summed E-state index contributed by atoms with van der Waals surface area (Å²) in [5, 5.41) is 0.736. The molecule has 0 aliphatic carbocycles. The fraction of sp³-hybridized carbons (Fsp3) is 0.278. The van der Waals surface area contributed by atoms with Crippen LogP contribution in [0, 0.1) is 20.8 Å². The number of hydrogen-bond acceptors (Lipinski definition) is 1. The third kappa shape index (κ3) is 2.94. The van der Waals surface area contributed by atoms with E-state index in [1.54, 1.807) is 6.92 Å². The highest BCUT2D eigenvalue weighted by atomic mass is 35.5. The highest BCUT2D eigenvalue weighted by Crippen LogP contribution is 2.32. The van der Waals surface area contributed by atoms with Gasteiger partial charge in [-0.1, -0.05) is 29.8 Å². The molecule has 0 saturated heterocycles. The molecule has 104 valence electrons. The van der Waals surface area contributed by atoms with Crippen LogP contribution in [0.1, 0.15) is 29.2 Å². The second-order valence-corrected chi connectivity index (χ2v) is 5.81. The average molecular weight is 287 g/mol. The number of rotatable bonds is 3. The molecule has 0 heterocycles. The topological polar surface area (TPSA) is 17.1 Å². The van der Waals surface area contributed by atoms with Crippen molar-refractivity contribution in [2.24, 2.45) is 0 Å². The van der Waals surface area contributed by atoms with Gasteiger partial charge in [0.15, 0.2) is 0 Å². The lowest BCUT2D eigenvalue weighted by Gasteiger charge is -2.17. The maximum atomic E-state index is 11.5. The molecule has 0 fully saturated rings. The summed E-state index contributed by atoms with van der Waals surface area (Å²) in [5.41, 5.74) is 7.12. The molecular formula is C18H19ClO. The number of carbonyl (C=O) groups excluding carboxylic acids is 1. The zero-order valence-electron chi connectivity index (χ0n) is 12.4. The van der Waals surface area contributed by atoms with Gasteiger partial charge in [-0.05, 0) is 73.2 Å². The number of Topliss-reactive ketones (excluding diaryl/α,β-unsaturated/α-hetero) is 1. The molecule has 0 atom stereocenters. The molecule has 0 unspecified atom stereocenters. The van der Waals surface area contributed by atoms with E-state index < -0.39 is 0 Å². The van der Waals surface area contributed by atoms with E-state index in [0.29, 0.717) is 6.42 Å². The molecule has 0 bridgehead atoms. The van der Waals surface area contributed by atoms with Crippen LogP contribution in [0.15, 0.2) is 30.3 Å². The highest BCUT2D eigenvalue weighted by Gasteiger charge is 2.13. The Morgan fingerprint density at radius 1 is 1.05 bits per heavy atom. The van der Waals surface area contributed by atoms with Crippen molar-refractivity contribution in [1.82, 2.24) is 0 Å². The summed E-state index contributed by atoms with van der Waals surface area (Å²) in [7, 11) is 0. The summed E-state index contributed by atoms with van der Waals surface area (Å²) in [4.78, 5) is 11.5. The van der Waals surface area contributed by atoms with Crippen molar-refractivity contribution in [2.45, 2.75) is 34.1 Å². The number of halogens is 1. The van der Waals surface area contributed by atoms with Gasteiger partial charge in [0.2, 0.25) is 0 Å². The summed E-state index contributed by atoms with van der Waals surface area (Å²) in [6.07, 6.45) is 0.499. The fourth-order valence-corrected chi connectivity index (χ4v) is 2.93. The van der Waals surface area contributed by atoms with E-state index in [1.165, 1.54) is 22.3 Å².